The number of hydrogen-bond donors (Lipinski definition) is 2. The van der Waals surface area contributed by atoms with Gasteiger partial charge in [0.15, 0.2) is 0 Å². The van der Waals surface area contributed by atoms with E-state index in [1.807, 2.05) is 12.1 Å². The molecule has 0 fully saturated rings. The van der Waals surface area contributed by atoms with Crippen molar-refractivity contribution < 1.29 is 10.2 Å². The van der Waals surface area contributed by atoms with Gasteiger partial charge in [-0.05, 0) is 126 Å². The van der Waals surface area contributed by atoms with Crippen LogP contribution in [-0.4, -0.2) is 10.2 Å². The third-order valence-electron chi connectivity index (χ3n) is 10.6. The fourth-order valence-corrected chi connectivity index (χ4v) is 14.2. The van der Waals surface area contributed by atoms with Gasteiger partial charge in [-0.2, -0.15) is 0 Å². The van der Waals surface area contributed by atoms with Gasteiger partial charge in [0.05, 0.1) is 0 Å². The summed E-state index contributed by atoms with van der Waals surface area (Å²) in [6, 6.07) is 48.1. The highest BCUT2D eigenvalue weighted by Crippen LogP contribution is 2.50. The first-order valence-electron chi connectivity index (χ1n) is 19.3. The van der Waals surface area contributed by atoms with E-state index in [9.17, 15) is 10.2 Å². The number of benzene rings is 8. The Morgan fingerprint density at radius 3 is 0.839 bits per heavy atom. The van der Waals surface area contributed by atoms with Crippen LogP contribution in [0.4, 0.5) is 0 Å². The van der Waals surface area contributed by atoms with E-state index in [4.69, 9.17) is 0 Å². The van der Waals surface area contributed by atoms with Crippen molar-refractivity contribution in [3.05, 3.63) is 178 Å². The average molecular weight is 767 g/mol. The van der Waals surface area contributed by atoms with Crippen molar-refractivity contribution in [2.24, 2.45) is 0 Å². The topological polar surface area (TPSA) is 40.5 Å². The van der Waals surface area contributed by atoms with E-state index in [0.29, 0.717) is 11.1 Å². The highest BCUT2D eigenvalue weighted by Gasteiger charge is 2.30. The van der Waals surface area contributed by atoms with Gasteiger partial charge >= 0.3 is 0 Å². The zero-order valence-corrected chi connectivity index (χ0v) is 35.3. The minimum absolute atomic E-state index is 0.216. The second-order valence-electron chi connectivity index (χ2n) is 15.7. The van der Waals surface area contributed by atoms with E-state index in [0.717, 1.165) is 32.2 Å². The monoisotopic (exact) mass is 766 g/mol. The third kappa shape index (κ3) is 7.14. The summed E-state index contributed by atoms with van der Waals surface area (Å²) in [6.45, 7) is 17.2. The summed E-state index contributed by atoms with van der Waals surface area (Å²) in [5.74, 6) is 0.431. The molecule has 8 rings (SSSR count). The molecule has 278 valence electrons. The van der Waals surface area contributed by atoms with Gasteiger partial charge in [0.2, 0.25) is 0 Å². The van der Waals surface area contributed by atoms with Crippen molar-refractivity contribution >= 4 is 69.2 Å². The van der Waals surface area contributed by atoms with E-state index in [1.54, 1.807) is 0 Å². The van der Waals surface area contributed by atoms with E-state index < -0.39 is 15.8 Å². The normalized spacial score (nSPS) is 11.7. The maximum absolute atomic E-state index is 13.1. The quantitative estimate of drug-likeness (QED) is 0.159. The molecule has 4 heteroatoms. The molecule has 0 amide bonds. The van der Waals surface area contributed by atoms with E-state index >= 15 is 0 Å². The zero-order valence-electron chi connectivity index (χ0n) is 33.5. The summed E-state index contributed by atoms with van der Waals surface area (Å²) in [5, 5.41) is 36.6. The summed E-state index contributed by atoms with van der Waals surface area (Å²) in [7, 11) is -2.40. The molecule has 0 bridgehead atoms. The Morgan fingerprint density at radius 2 is 0.571 bits per heavy atom. The van der Waals surface area contributed by atoms with Crippen molar-refractivity contribution in [2.75, 3.05) is 0 Å². The molecule has 2 N–H and O–H groups in total. The van der Waals surface area contributed by atoms with Crippen molar-refractivity contribution in [1.82, 2.24) is 0 Å². The Labute approximate surface area is 334 Å². The molecule has 56 heavy (non-hydrogen) atoms. The van der Waals surface area contributed by atoms with Crippen molar-refractivity contribution in [2.45, 2.75) is 55.4 Å². The average Bonchev–Trinajstić information content (AvgIpc) is 3.11. The highest BCUT2D eigenvalue weighted by atomic mass is 31.1. The molecule has 0 atom stereocenters. The second-order valence-corrected chi connectivity index (χ2v) is 20.1. The highest BCUT2D eigenvalue weighted by molar-refractivity contribution is 7.80. The zero-order chi connectivity index (χ0) is 39.4. The smallest absolute Gasteiger partial charge is 0.132 e. The molecule has 0 aliphatic heterocycles. The molecule has 2 nitrogen and oxygen atoms in total. The molecular weight excluding hydrogens is 719 g/mol. The largest absolute Gasteiger partial charge is 0.507 e. The van der Waals surface area contributed by atoms with Crippen LogP contribution < -0.4 is 31.8 Å². The molecule has 0 spiro atoms. The van der Waals surface area contributed by atoms with Crippen LogP contribution >= 0.6 is 15.8 Å². The lowest BCUT2D eigenvalue weighted by molar-refractivity contribution is 0.475. The van der Waals surface area contributed by atoms with Crippen molar-refractivity contribution in [3.8, 4) is 22.6 Å². The van der Waals surface area contributed by atoms with Crippen LogP contribution in [0.15, 0.2) is 133 Å². The van der Waals surface area contributed by atoms with Crippen LogP contribution in [-0.2, 0) is 0 Å². The fourth-order valence-electron chi connectivity index (χ4n) is 8.66. The Bertz CT molecular complexity index is 2460. The number of phenolic OH excluding ortho intramolecular Hbond substituents is 2. The maximum atomic E-state index is 13.1. The number of fused-ring (bicyclic) bond motifs is 2. The van der Waals surface area contributed by atoms with Gasteiger partial charge in [0.25, 0.3) is 0 Å². The molecule has 0 heterocycles. The molecule has 0 unspecified atom stereocenters. The lowest BCUT2D eigenvalue weighted by Gasteiger charge is -2.27. The van der Waals surface area contributed by atoms with E-state index in [2.05, 4.69) is 177 Å². The Balaban J connectivity index is 1.50. The van der Waals surface area contributed by atoms with Crippen LogP contribution in [0.3, 0.4) is 0 Å². The van der Waals surface area contributed by atoms with Crippen LogP contribution in [0.1, 0.15) is 44.5 Å². The molecule has 8 aromatic carbocycles. The van der Waals surface area contributed by atoms with Gasteiger partial charge in [-0.3, -0.25) is 0 Å². The fraction of sp³-hybridized carbons (Fsp3) is 0.154. The summed E-state index contributed by atoms with van der Waals surface area (Å²) < 4.78 is 0. The van der Waals surface area contributed by atoms with Crippen LogP contribution in [0.5, 0.6) is 11.5 Å². The van der Waals surface area contributed by atoms with Crippen LogP contribution in [0.2, 0.25) is 0 Å². The number of aryl methyl sites for hydroxylation is 8. The molecule has 0 saturated heterocycles. The van der Waals surface area contributed by atoms with Crippen LogP contribution in [0, 0.1) is 55.4 Å². The van der Waals surface area contributed by atoms with Crippen molar-refractivity contribution in [1.29, 1.82) is 0 Å². The summed E-state index contributed by atoms with van der Waals surface area (Å²) in [5.41, 5.74) is 10.9. The Kier molecular flexibility index (Phi) is 10.1. The van der Waals surface area contributed by atoms with E-state index in [-0.39, 0.29) is 11.5 Å². The number of phenols is 2. The van der Waals surface area contributed by atoms with Crippen molar-refractivity contribution in [3.63, 3.8) is 0 Å². The Hall–Kier alpha value is -5.26. The third-order valence-corrected chi connectivity index (χ3v) is 15.3. The van der Waals surface area contributed by atoms with E-state index in [1.165, 1.54) is 65.7 Å². The maximum Gasteiger partial charge on any atom is 0.132 e. The summed E-state index contributed by atoms with van der Waals surface area (Å²) in [4.78, 5) is 0. The minimum Gasteiger partial charge on any atom is -0.507 e. The standard InChI is InChI=1S/C52H48O2P2/c1-31-17-32(2)22-41(21-31)55(42-23-33(3)18-34(4)24-42)47-29-39-13-9-11-15-45(39)49(51(47)53)50-46-16-12-10-14-40(46)30-48(52(50)54)56(43-25-35(5)19-36(6)26-43)44-27-37(7)20-38(8)28-44/h9-30,53-54H,1-8H3. The van der Waals surface area contributed by atoms with Gasteiger partial charge in [0.1, 0.15) is 11.5 Å². The predicted molar refractivity (Wildman–Crippen MR) is 246 cm³/mol. The molecule has 0 aliphatic rings. The molecule has 0 radical (unpaired) electrons. The number of hydrogen-bond acceptors (Lipinski definition) is 2. The van der Waals surface area contributed by atoms with Gasteiger partial charge < -0.3 is 10.2 Å². The lowest BCUT2D eigenvalue weighted by atomic mass is 9.92. The first kappa shape index (κ1) is 37.7. The van der Waals surface area contributed by atoms with Gasteiger partial charge in [-0.1, -0.05) is 166 Å². The molecule has 0 aromatic heterocycles. The molecule has 0 aliphatic carbocycles. The summed E-state index contributed by atoms with van der Waals surface area (Å²) >= 11 is 0. The minimum atomic E-state index is -1.20. The van der Waals surface area contributed by atoms with Gasteiger partial charge in [0, 0.05) is 21.7 Å². The van der Waals surface area contributed by atoms with Gasteiger partial charge in [-0.25, -0.2) is 0 Å². The first-order valence-corrected chi connectivity index (χ1v) is 22.0. The molecular formula is C52H48O2P2. The predicted octanol–water partition coefficient (Wildman–Crippen LogP) is 11.1. The molecule has 8 aromatic rings. The van der Waals surface area contributed by atoms with Gasteiger partial charge in [-0.15, -0.1) is 0 Å². The Morgan fingerprint density at radius 1 is 0.321 bits per heavy atom. The lowest BCUT2D eigenvalue weighted by Crippen LogP contribution is -2.23. The summed E-state index contributed by atoms with van der Waals surface area (Å²) in [6.07, 6.45) is 0. The van der Waals surface area contributed by atoms with Crippen LogP contribution in [0.25, 0.3) is 32.7 Å². The first-order chi connectivity index (χ1) is 26.8. The number of rotatable bonds is 7. The second kappa shape index (κ2) is 15.0. The molecule has 0 saturated carbocycles. The number of aromatic hydroxyl groups is 2. The SMILES string of the molecule is Cc1cc(C)cc(P(c2cc(C)cc(C)c2)c2cc3ccccc3c(-c3c(O)c(P(c4cc(C)cc(C)c4)c4cc(C)cc(C)c4)cc4ccccc34)c2O)c1.